The first-order valence-corrected chi connectivity index (χ1v) is 9.32. The average molecular weight is 369 g/mol. The Bertz CT molecular complexity index is 819. The molecule has 2 atom stereocenters. The molecule has 1 aromatic carbocycles. The molecule has 0 unspecified atom stereocenters. The quantitative estimate of drug-likeness (QED) is 0.781. The monoisotopic (exact) mass is 369 g/mol. The molecule has 0 aliphatic carbocycles. The first-order valence-electron chi connectivity index (χ1n) is 7.77. The van der Waals surface area contributed by atoms with E-state index in [0.29, 0.717) is 17.5 Å². The summed E-state index contributed by atoms with van der Waals surface area (Å²) >= 11 is 0. The van der Waals surface area contributed by atoms with Crippen LogP contribution < -0.4 is 5.14 Å². The van der Waals surface area contributed by atoms with Crippen molar-refractivity contribution >= 4 is 21.9 Å². The van der Waals surface area contributed by atoms with Gasteiger partial charge in [0.25, 0.3) is 5.91 Å². The summed E-state index contributed by atoms with van der Waals surface area (Å²) in [6.45, 7) is 3.56. The molecule has 1 amide bonds. The molecule has 0 aromatic heterocycles. The van der Waals surface area contributed by atoms with Gasteiger partial charge in [0, 0.05) is 18.2 Å². The fourth-order valence-corrected chi connectivity index (χ4v) is 3.94. The number of likely N-dealkylation sites (N-methyl/N-ethyl adjacent to an activating group) is 1. The lowest BCUT2D eigenvalue weighted by atomic mass is 10.0. The molecule has 25 heavy (non-hydrogen) atoms. The van der Waals surface area contributed by atoms with Gasteiger partial charge >= 0.3 is 5.97 Å². The van der Waals surface area contributed by atoms with Gasteiger partial charge < -0.3 is 14.9 Å². The number of sulfonamides is 1. The Balaban J connectivity index is 2.46. The topological polar surface area (TPSA) is 121 Å². The Morgan fingerprint density at radius 3 is 2.36 bits per heavy atom. The zero-order valence-corrected chi connectivity index (χ0v) is 15.5. The van der Waals surface area contributed by atoms with Crippen molar-refractivity contribution in [1.29, 1.82) is 0 Å². The molecule has 0 spiro atoms. The van der Waals surface area contributed by atoms with Crippen LogP contribution in [0.4, 0.5) is 0 Å². The van der Waals surface area contributed by atoms with Gasteiger partial charge in [-0.05, 0) is 57.6 Å². The van der Waals surface area contributed by atoms with Crippen LogP contribution >= 0.6 is 0 Å². The number of carbonyl (C=O) groups is 2. The number of nitrogens with zero attached hydrogens (tertiary/aromatic N) is 2. The molecule has 0 saturated carbocycles. The van der Waals surface area contributed by atoms with E-state index < -0.39 is 27.9 Å². The number of amides is 1. The van der Waals surface area contributed by atoms with Crippen LogP contribution in [0, 0.1) is 13.8 Å². The highest BCUT2D eigenvalue weighted by molar-refractivity contribution is 7.89. The van der Waals surface area contributed by atoms with Crippen molar-refractivity contribution in [3.8, 4) is 0 Å². The molecule has 2 rings (SSSR count). The number of primary sulfonamides is 1. The Morgan fingerprint density at radius 2 is 1.88 bits per heavy atom. The summed E-state index contributed by atoms with van der Waals surface area (Å²) < 4.78 is 23.5. The normalized spacial score (nSPS) is 21.0. The molecule has 1 fully saturated rings. The van der Waals surface area contributed by atoms with Crippen LogP contribution in [0.25, 0.3) is 0 Å². The van der Waals surface area contributed by atoms with Crippen molar-refractivity contribution < 1.29 is 23.1 Å². The van der Waals surface area contributed by atoms with Crippen LogP contribution in [-0.4, -0.2) is 67.9 Å². The highest BCUT2D eigenvalue weighted by Gasteiger charge is 2.41. The third kappa shape index (κ3) is 3.83. The van der Waals surface area contributed by atoms with Crippen molar-refractivity contribution in [2.24, 2.45) is 5.14 Å². The molecule has 0 radical (unpaired) electrons. The molecule has 8 nitrogen and oxygen atoms in total. The first-order chi connectivity index (χ1) is 11.4. The number of carbonyl (C=O) groups excluding carboxylic acids is 1. The highest BCUT2D eigenvalue weighted by atomic mass is 32.2. The molecule has 1 saturated heterocycles. The largest absolute Gasteiger partial charge is 0.480 e. The van der Waals surface area contributed by atoms with Gasteiger partial charge in [0.2, 0.25) is 10.0 Å². The minimum atomic E-state index is -3.98. The van der Waals surface area contributed by atoms with Crippen molar-refractivity contribution in [1.82, 2.24) is 9.80 Å². The third-order valence-corrected chi connectivity index (χ3v) is 5.77. The number of nitrogens with two attached hydrogens (primary N) is 1. The molecule has 3 N–H and O–H groups in total. The van der Waals surface area contributed by atoms with Gasteiger partial charge in [-0.25, -0.2) is 18.4 Å². The van der Waals surface area contributed by atoms with E-state index in [1.165, 1.54) is 11.0 Å². The molecule has 1 heterocycles. The first kappa shape index (κ1) is 19.4. The summed E-state index contributed by atoms with van der Waals surface area (Å²) in [5.41, 5.74) is 1.20. The number of benzene rings is 1. The van der Waals surface area contributed by atoms with E-state index in [4.69, 9.17) is 5.14 Å². The Labute approximate surface area is 147 Å². The summed E-state index contributed by atoms with van der Waals surface area (Å²) in [6, 6.07) is 1.77. The second-order valence-corrected chi connectivity index (χ2v) is 8.16. The minimum absolute atomic E-state index is 0.0747. The summed E-state index contributed by atoms with van der Waals surface area (Å²) in [4.78, 5) is 27.5. The molecule has 0 bridgehead atoms. The molecule has 1 aromatic rings. The van der Waals surface area contributed by atoms with Crippen LogP contribution in [0.5, 0.6) is 0 Å². The fraction of sp³-hybridized carbons (Fsp3) is 0.500. The second-order valence-electron chi connectivity index (χ2n) is 6.63. The minimum Gasteiger partial charge on any atom is -0.480 e. The summed E-state index contributed by atoms with van der Waals surface area (Å²) in [5, 5.41) is 14.7. The predicted octanol–water partition coefficient (Wildman–Crippen LogP) is 0.180. The van der Waals surface area contributed by atoms with Gasteiger partial charge in [-0.2, -0.15) is 0 Å². The lowest BCUT2D eigenvalue weighted by Crippen LogP contribution is -2.41. The van der Waals surface area contributed by atoms with E-state index >= 15 is 0 Å². The number of hydrogen-bond acceptors (Lipinski definition) is 5. The number of rotatable bonds is 4. The molecular weight excluding hydrogens is 346 g/mol. The summed E-state index contributed by atoms with van der Waals surface area (Å²) in [5.74, 6) is -1.59. The SMILES string of the molecule is Cc1cc(C(=O)N2C[C@H](N(C)C)C[C@H]2C(=O)O)cc(S(N)(=O)=O)c1C. The van der Waals surface area contributed by atoms with Gasteiger partial charge in [-0.3, -0.25) is 4.79 Å². The van der Waals surface area contributed by atoms with E-state index in [0.717, 1.165) is 0 Å². The number of carboxylic acid groups (broad SMARTS) is 1. The van der Waals surface area contributed by atoms with Gasteiger partial charge in [0.15, 0.2) is 0 Å². The Morgan fingerprint density at radius 1 is 1.28 bits per heavy atom. The molecule has 138 valence electrons. The zero-order valence-electron chi connectivity index (χ0n) is 14.7. The Kier molecular flexibility index (Phi) is 5.22. The highest BCUT2D eigenvalue weighted by Crippen LogP contribution is 2.26. The van der Waals surface area contributed by atoms with Crippen LogP contribution in [-0.2, 0) is 14.8 Å². The average Bonchev–Trinajstić information content (AvgIpc) is 2.93. The van der Waals surface area contributed by atoms with Crippen molar-refractivity contribution in [2.45, 2.75) is 37.2 Å². The van der Waals surface area contributed by atoms with Gasteiger partial charge in [-0.1, -0.05) is 0 Å². The molecule has 1 aliphatic heterocycles. The van der Waals surface area contributed by atoms with Crippen molar-refractivity contribution in [3.05, 3.63) is 28.8 Å². The standard InChI is InChI=1S/C16H23N3O5S/c1-9-5-11(6-14(10(9)2)25(17,23)24)15(20)19-8-12(18(3)4)7-13(19)16(21)22/h5-6,12-13H,7-8H2,1-4H3,(H,21,22)(H2,17,23,24)/t12-,13+/m1/s1. The third-order valence-electron chi connectivity index (χ3n) is 4.73. The molecule has 9 heteroatoms. The number of hydrogen-bond donors (Lipinski definition) is 2. The Hall–Kier alpha value is -1.97. The van der Waals surface area contributed by atoms with E-state index in [1.807, 2.05) is 19.0 Å². The second kappa shape index (κ2) is 6.74. The maximum atomic E-state index is 12.9. The van der Waals surface area contributed by atoms with E-state index in [-0.39, 0.29) is 23.0 Å². The predicted molar refractivity (Wildman–Crippen MR) is 91.8 cm³/mol. The number of likely N-dealkylation sites (tertiary alicyclic amines) is 1. The zero-order chi connectivity index (χ0) is 19.1. The van der Waals surface area contributed by atoms with Crippen LogP contribution in [0.15, 0.2) is 17.0 Å². The number of carboxylic acids is 1. The van der Waals surface area contributed by atoms with Crippen LogP contribution in [0.2, 0.25) is 0 Å². The number of aliphatic carboxylic acids is 1. The van der Waals surface area contributed by atoms with E-state index in [1.54, 1.807) is 19.9 Å². The summed E-state index contributed by atoms with van der Waals surface area (Å²) in [7, 11) is -0.333. The maximum Gasteiger partial charge on any atom is 0.326 e. The lowest BCUT2D eigenvalue weighted by molar-refractivity contribution is -0.141. The van der Waals surface area contributed by atoms with E-state index in [9.17, 15) is 23.1 Å². The summed E-state index contributed by atoms with van der Waals surface area (Å²) in [6.07, 6.45) is 0.320. The van der Waals surface area contributed by atoms with Crippen molar-refractivity contribution in [3.63, 3.8) is 0 Å². The fourth-order valence-electron chi connectivity index (χ4n) is 3.06. The maximum absolute atomic E-state index is 12.9. The van der Waals surface area contributed by atoms with Crippen LogP contribution in [0.1, 0.15) is 27.9 Å². The van der Waals surface area contributed by atoms with Gasteiger partial charge in [-0.15, -0.1) is 0 Å². The lowest BCUT2D eigenvalue weighted by Gasteiger charge is -2.23. The molecular formula is C16H23N3O5S. The number of aryl methyl sites for hydroxylation is 1. The smallest absolute Gasteiger partial charge is 0.326 e. The van der Waals surface area contributed by atoms with Crippen LogP contribution in [0.3, 0.4) is 0 Å². The van der Waals surface area contributed by atoms with E-state index in [2.05, 4.69) is 0 Å². The van der Waals surface area contributed by atoms with Gasteiger partial charge in [0.05, 0.1) is 4.90 Å². The van der Waals surface area contributed by atoms with Gasteiger partial charge in [0.1, 0.15) is 6.04 Å². The molecule has 1 aliphatic rings. The van der Waals surface area contributed by atoms with Crippen molar-refractivity contribution in [2.75, 3.05) is 20.6 Å².